The Balaban J connectivity index is 1.49. The van der Waals surface area contributed by atoms with Crippen LogP contribution < -0.4 is 16.4 Å². The molecule has 0 fully saturated rings. The van der Waals surface area contributed by atoms with E-state index in [0.29, 0.717) is 22.8 Å². The summed E-state index contributed by atoms with van der Waals surface area (Å²) in [6.07, 6.45) is 3.38. The maximum Gasteiger partial charge on any atom is 0.255 e. The molecule has 1 aromatic heterocycles. The zero-order valence-electron chi connectivity index (χ0n) is 17.2. The summed E-state index contributed by atoms with van der Waals surface area (Å²) in [4.78, 5) is 28.6. The van der Waals surface area contributed by atoms with Crippen molar-refractivity contribution in [2.45, 2.75) is 25.3 Å². The van der Waals surface area contributed by atoms with Crippen LogP contribution in [-0.4, -0.2) is 23.3 Å². The van der Waals surface area contributed by atoms with Gasteiger partial charge in [0.2, 0.25) is 5.91 Å². The Kier molecular flexibility index (Phi) is 7.76. The first-order valence-electron chi connectivity index (χ1n) is 10.0. The number of amides is 2. The fourth-order valence-electron chi connectivity index (χ4n) is 3.09. The normalized spacial score (nSPS) is 12.6. The first-order valence-corrected chi connectivity index (χ1v) is 10.4. The fraction of sp³-hybridized carbons (Fsp3) is 0.208. The van der Waals surface area contributed by atoms with Gasteiger partial charge in [0, 0.05) is 47.7 Å². The van der Waals surface area contributed by atoms with Crippen molar-refractivity contribution in [3.8, 4) is 0 Å². The van der Waals surface area contributed by atoms with Gasteiger partial charge in [0.1, 0.15) is 0 Å². The maximum atomic E-state index is 12.3. The average Bonchev–Trinajstić information content (AvgIpc) is 2.78. The SMILES string of the molecule is CC(CNC(=O)CC(N)c1ccc(C(=O)Nc2ccncc2)cc1)c1ccc(Cl)cc1. The molecule has 0 radical (unpaired) electrons. The smallest absolute Gasteiger partial charge is 0.255 e. The molecule has 0 bridgehead atoms. The van der Waals surface area contributed by atoms with E-state index in [-0.39, 0.29) is 24.2 Å². The number of carbonyl (C=O) groups is 2. The molecule has 0 saturated carbocycles. The molecule has 6 nitrogen and oxygen atoms in total. The van der Waals surface area contributed by atoms with Gasteiger partial charge in [0.25, 0.3) is 5.91 Å². The maximum absolute atomic E-state index is 12.3. The van der Waals surface area contributed by atoms with E-state index in [2.05, 4.69) is 15.6 Å². The molecule has 2 unspecified atom stereocenters. The number of nitrogens with two attached hydrogens (primary N) is 1. The summed E-state index contributed by atoms with van der Waals surface area (Å²) in [6, 6.07) is 17.5. The molecule has 0 aliphatic carbocycles. The molecule has 0 aliphatic rings. The molecule has 31 heavy (non-hydrogen) atoms. The number of nitrogens with one attached hydrogen (secondary N) is 2. The van der Waals surface area contributed by atoms with Crippen LogP contribution in [0.3, 0.4) is 0 Å². The zero-order chi connectivity index (χ0) is 22.2. The number of halogens is 1. The van der Waals surface area contributed by atoms with Gasteiger partial charge in [-0.1, -0.05) is 42.8 Å². The third kappa shape index (κ3) is 6.64. The monoisotopic (exact) mass is 436 g/mol. The van der Waals surface area contributed by atoms with E-state index < -0.39 is 6.04 Å². The summed E-state index contributed by atoms with van der Waals surface area (Å²) < 4.78 is 0. The molecule has 2 amide bonds. The Morgan fingerprint density at radius 1 is 0.968 bits per heavy atom. The Morgan fingerprint density at radius 3 is 2.23 bits per heavy atom. The molecular formula is C24H25ClN4O2. The van der Waals surface area contributed by atoms with Crippen molar-refractivity contribution in [2.24, 2.45) is 5.73 Å². The molecule has 3 aromatic rings. The van der Waals surface area contributed by atoms with Crippen molar-refractivity contribution in [3.05, 3.63) is 94.8 Å². The summed E-state index contributed by atoms with van der Waals surface area (Å²) in [5, 5.41) is 6.42. The number of hydrogen-bond acceptors (Lipinski definition) is 4. The Hall–Kier alpha value is -3.22. The molecule has 2 atom stereocenters. The quantitative estimate of drug-likeness (QED) is 0.490. The Bertz CT molecular complexity index is 1010. The van der Waals surface area contributed by atoms with Gasteiger partial charge in [0.05, 0.1) is 0 Å². The summed E-state index contributed by atoms with van der Waals surface area (Å²) in [6.45, 7) is 2.56. The minimum Gasteiger partial charge on any atom is -0.355 e. The summed E-state index contributed by atoms with van der Waals surface area (Å²) in [5.74, 6) is -0.177. The predicted octanol–water partition coefficient (Wildman–Crippen LogP) is 4.30. The lowest BCUT2D eigenvalue weighted by molar-refractivity contribution is -0.121. The van der Waals surface area contributed by atoms with E-state index in [1.165, 1.54) is 0 Å². The van der Waals surface area contributed by atoms with Crippen molar-refractivity contribution >= 4 is 29.1 Å². The first-order chi connectivity index (χ1) is 14.9. The zero-order valence-corrected chi connectivity index (χ0v) is 18.0. The van der Waals surface area contributed by atoms with Crippen molar-refractivity contribution in [3.63, 3.8) is 0 Å². The second-order valence-corrected chi connectivity index (χ2v) is 7.82. The van der Waals surface area contributed by atoms with Gasteiger partial charge in [-0.05, 0) is 53.4 Å². The number of pyridine rings is 1. The number of carbonyl (C=O) groups excluding carboxylic acids is 2. The second-order valence-electron chi connectivity index (χ2n) is 7.38. The predicted molar refractivity (Wildman–Crippen MR) is 123 cm³/mol. The number of aromatic nitrogens is 1. The molecule has 0 aliphatic heterocycles. The van der Waals surface area contributed by atoms with Crippen LogP contribution in [0.2, 0.25) is 5.02 Å². The lowest BCUT2D eigenvalue weighted by atomic mass is 10.0. The van der Waals surface area contributed by atoms with E-state index >= 15 is 0 Å². The van der Waals surface area contributed by atoms with Crippen molar-refractivity contribution in [1.29, 1.82) is 0 Å². The third-order valence-electron chi connectivity index (χ3n) is 4.99. The second kappa shape index (κ2) is 10.7. The highest BCUT2D eigenvalue weighted by Crippen LogP contribution is 2.19. The topological polar surface area (TPSA) is 97.1 Å². The van der Waals surface area contributed by atoms with Gasteiger partial charge >= 0.3 is 0 Å². The van der Waals surface area contributed by atoms with Gasteiger partial charge in [-0.15, -0.1) is 0 Å². The van der Waals surface area contributed by atoms with E-state index in [1.807, 2.05) is 31.2 Å². The number of hydrogen-bond donors (Lipinski definition) is 3. The first kappa shape index (κ1) is 22.5. The van der Waals surface area contributed by atoms with Crippen LogP contribution in [0, 0.1) is 0 Å². The fourth-order valence-corrected chi connectivity index (χ4v) is 3.21. The van der Waals surface area contributed by atoms with Gasteiger partial charge < -0.3 is 16.4 Å². The minimum absolute atomic E-state index is 0.118. The van der Waals surface area contributed by atoms with Gasteiger partial charge in [-0.3, -0.25) is 14.6 Å². The lowest BCUT2D eigenvalue weighted by Crippen LogP contribution is -2.30. The van der Waals surface area contributed by atoms with Crippen LogP contribution in [0.1, 0.15) is 46.8 Å². The van der Waals surface area contributed by atoms with Crippen molar-refractivity contribution in [1.82, 2.24) is 10.3 Å². The van der Waals surface area contributed by atoms with E-state index in [0.717, 1.165) is 11.1 Å². The highest BCUT2D eigenvalue weighted by Gasteiger charge is 2.14. The molecule has 7 heteroatoms. The standard InChI is InChI=1S/C24H25ClN4O2/c1-16(17-6-8-20(25)9-7-17)15-28-23(30)14-22(26)18-2-4-19(5-3-18)24(31)29-21-10-12-27-13-11-21/h2-13,16,22H,14-15,26H2,1H3,(H,28,30)(H,27,29,31). The van der Waals surface area contributed by atoms with Crippen LogP contribution in [0.4, 0.5) is 5.69 Å². The molecular weight excluding hydrogens is 412 g/mol. The van der Waals surface area contributed by atoms with Gasteiger partial charge in [0.15, 0.2) is 0 Å². The number of anilines is 1. The number of rotatable bonds is 8. The van der Waals surface area contributed by atoms with Crippen molar-refractivity contribution < 1.29 is 9.59 Å². The average molecular weight is 437 g/mol. The molecule has 0 spiro atoms. The van der Waals surface area contributed by atoms with E-state index in [1.54, 1.807) is 48.8 Å². The highest BCUT2D eigenvalue weighted by molar-refractivity contribution is 6.30. The van der Waals surface area contributed by atoms with Crippen LogP contribution >= 0.6 is 11.6 Å². The Morgan fingerprint density at radius 2 is 1.58 bits per heavy atom. The molecule has 3 rings (SSSR count). The van der Waals surface area contributed by atoms with Gasteiger partial charge in [-0.2, -0.15) is 0 Å². The summed E-state index contributed by atoms with van der Waals surface area (Å²) in [7, 11) is 0. The van der Waals surface area contributed by atoms with Crippen LogP contribution in [0.25, 0.3) is 0 Å². The largest absolute Gasteiger partial charge is 0.355 e. The van der Waals surface area contributed by atoms with Gasteiger partial charge in [-0.25, -0.2) is 0 Å². The minimum atomic E-state index is -0.455. The number of nitrogens with zero attached hydrogens (tertiary/aromatic N) is 1. The van der Waals surface area contributed by atoms with E-state index in [9.17, 15) is 9.59 Å². The Labute approximate surface area is 186 Å². The summed E-state index contributed by atoms with van der Waals surface area (Å²) in [5.41, 5.74) is 9.28. The van der Waals surface area contributed by atoms with Crippen LogP contribution in [0.15, 0.2) is 73.1 Å². The molecule has 0 saturated heterocycles. The van der Waals surface area contributed by atoms with Crippen molar-refractivity contribution in [2.75, 3.05) is 11.9 Å². The molecule has 2 aromatic carbocycles. The van der Waals surface area contributed by atoms with E-state index in [4.69, 9.17) is 17.3 Å². The lowest BCUT2D eigenvalue weighted by Gasteiger charge is -2.16. The molecule has 1 heterocycles. The molecule has 160 valence electrons. The summed E-state index contributed by atoms with van der Waals surface area (Å²) >= 11 is 5.91. The number of benzene rings is 2. The highest BCUT2D eigenvalue weighted by atomic mass is 35.5. The third-order valence-corrected chi connectivity index (χ3v) is 5.24. The molecule has 4 N–H and O–H groups in total. The van der Waals surface area contributed by atoms with Crippen LogP contribution in [-0.2, 0) is 4.79 Å². The van der Waals surface area contributed by atoms with Crippen LogP contribution in [0.5, 0.6) is 0 Å².